The Morgan fingerprint density at radius 3 is 2.37 bits per heavy atom. The number of rotatable bonds is 10. The lowest BCUT2D eigenvalue weighted by Crippen LogP contribution is -2.33. The summed E-state index contributed by atoms with van der Waals surface area (Å²) >= 11 is 0. The molecule has 1 aliphatic rings. The summed E-state index contributed by atoms with van der Waals surface area (Å²) < 4.78 is 11.0. The van der Waals surface area contributed by atoms with Crippen LogP contribution in [0.15, 0.2) is 42.0 Å². The Morgan fingerprint density at radius 1 is 1.03 bits per heavy atom. The molecule has 0 aromatic heterocycles. The number of hydrogen-bond acceptors (Lipinski definition) is 6. The second-order valence-corrected chi connectivity index (χ2v) is 8.80. The highest BCUT2D eigenvalue weighted by Crippen LogP contribution is 2.44. The number of amides is 1. The quantitative estimate of drug-likeness (QED) is 0.307. The lowest BCUT2D eigenvalue weighted by molar-refractivity contribution is -0.140. The first-order valence-electron chi connectivity index (χ1n) is 12.1. The van der Waals surface area contributed by atoms with Crippen LogP contribution in [0.3, 0.4) is 0 Å². The maximum atomic E-state index is 13.4. The summed E-state index contributed by atoms with van der Waals surface area (Å²) in [5.74, 6) is -0.405. The van der Waals surface area contributed by atoms with E-state index in [9.17, 15) is 14.7 Å². The van der Waals surface area contributed by atoms with Gasteiger partial charge in [0.1, 0.15) is 17.3 Å². The van der Waals surface area contributed by atoms with E-state index in [0.29, 0.717) is 35.6 Å². The number of aryl methyl sites for hydroxylation is 2. The van der Waals surface area contributed by atoms with Gasteiger partial charge >= 0.3 is 0 Å². The number of aliphatic hydroxyl groups is 1. The highest BCUT2D eigenvalue weighted by molar-refractivity contribution is 6.46. The average molecular weight is 481 g/mol. The molecule has 1 N–H and O–H groups in total. The summed E-state index contributed by atoms with van der Waals surface area (Å²) in [4.78, 5) is 30.5. The largest absolute Gasteiger partial charge is 0.507 e. The van der Waals surface area contributed by atoms with E-state index in [-0.39, 0.29) is 11.3 Å². The van der Waals surface area contributed by atoms with Gasteiger partial charge in [0.2, 0.25) is 0 Å². The number of nitrogens with zero attached hydrogens (tertiary/aromatic N) is 2. The zero-order valence-electron chi connectivity index (χ0n) is 21.6. The highest BCUT2D eigenvalue weighted by Gasteiger charge is 2.47. The smallest absolute Gasteiger partial charge is 0.295 e. The Morgan fingerprint density at radius 2 is 1.74 bits per heavy atom. The summed E-state index contributed by atoms with van der Waals surface area (Å²) in [6.45, 7) is 11.0. The monoisotopic (exact) mass is 480 g/mol. The fraction of sp³-hybridized carbons (Fsp3) is 0.429. The standard InChI is InChI=1S/C28H36N2O5/c1-7-29(8-2)14-9-15-30-25(22-17-20(34-5)12-13-23(22)35-6)24(27(32)28(30)33)26(31)21-16-18(3)10-11-19(21)4/h10-13,16-17,25,31H,7-9,14-15H2,1-6H3/b26-24+. The number of ether oxygens (including phenoxy) is 2. The van der Waals surface area contributed by atoms with Crippen LogP contribution < -0.4 is 9.47 Å². The Labute approximate surface area is 207 Å². The number of hydrogen-bond donors (Lipinski definition) is 1. The van der Waals surface area contributed by atoms with Crippen molar-refractivity contribution in [3.63, 3.8) is 0 Å². The van der Waals surface area contributed by atoms with E-state index in [1.54, 1.807) is 37.3 Å². The third-order valence-electron chi connectivity index (χ3n) is 6.69. The first kappa shape index (κ1) is 26.3. The van der Waals surface area contributed by atoms with Gasteiger partial charge in [-0.3, -0.25) is 9.59 Å². The molecule has 1 unspecified atom stereocenters. The average Bonchev–Trinajstić information content (AvgIpc) is 3.12. The molecular formula is C28H36N2O5. The minimum atomic E-state index is -0.795. The molecule has 35 heavy (non-hydrogen) atoms. The summed E-state index contributed by atoms with van der Waals surface area (Å²) in [7, 11) is 3.10. The van der Waals surface area contributed by atoms with Gasteiger partial charge in [-0.25, -0.2) is 0 Å². The molecule has 2 aromatic carbocycles. The molecule has 0 saturated carbocycles. The van der Waals surface area contributed by atoms with Crippen molar-refractivity contribution in [3.8, 4) is 11.5 Å². The third-order valence-corrected chi connectivity index (χ3v) is 6.69. The van der Waals surface area contributed by atoms with Gasteiger partial charge in [0.15, 0.2) is 0 Å². The minimum Gasteiger partial charge on any atom is -0.507 e. The second kappa shape index (κ2) is 11.4. The van der Waals surface area contributed by atoms with Crippen molar-refractivity contribution < 1.29 is 24.2 Å². The lowest BCUT2D eigenvalue weighted by atomic mass is 9.92. The molecule has 0 aliphatic carbocycles. The van der Waals surface area contributed by atoms with Crippen LogP contribution in [0.25, 0.3) is 5.76 Å². The van der Waals surface area contributed by atoms with Crippen molar-refractivity contribution in [3.05, 3.63) is 64.2 Å². The Hall–Kier alpha value is -3.32. The number of carbonyl (C=O) groups excluding carboxylic acids is 2. The van der Waals surface area contributed by atoms with Crippen LogP contribution in [0, 0.1) is 13.8 Å². The van der Waals surface area contributed by atoms with Crippen LogP contribution in [0.1, 0.15) is 48.6 Å². The van der Waals surface area contributed by atoms with E-state index in [4.69, 9.17) is 9.47 Å². The van der Waals surface area contributed by atoms with Crippen molar-refractivity contribution in [1.82, 2.24) is 9.80 Å². The maximum Gasteiger partial charge on any atom is 0.295 e. The second-order valence-electron chi connectivity index (χ2n) is 8.80. The van der Waals surface area contributed by atoms with Gasteiger partial charge in [0.05, 0.1) is 25.8 Å². The van der Waals surface area contributed by atoms with E-state index in [0.717, 1.165) is 30.8 Å². The van der Waals surface area contributed by atoms with Gasteiger partial charge < -0.3 is 24.4 Å². The van der Waals surface area contributed by atoms with Gasteiger partial charge in [0, 0.05) is 17.7 Å². The molecule has 7 nitrogen and oxygen atoms in total. The fourth-order valence-electron chi connectivity index (χ4n) is 4.63. The molecule has 7 heteroatoms. The van der Waals surface area contributed by atoms with Crippen molar-refractivity contribution in [2.75, 3.05) is 40.4 Å². The topological polar surface area (TPSA) is 79.3 Å². The summed E-state index contributed by atoms with van der Waals surface area (Å²) in [6.07, 6.45) is 0.695. The van der Waals surface area contributed by atoms with Crippen molar-refractivity contribution >= 4 is 17.4 Å². The molecule has 1 heterocycles. The highest BCUT2D eigenvalue weighted by atomic mass is 16.5. The molecule has 1 amide bonds. The van der Waals surface area contributed by atoms with Crippen molar-refractivity contribution in [1.29, 1.82) is 0 Å². The number of benzene rings is 2. The first-order chi connectivity index (χ1) is 16.8. The predicted octanol–water partition coefficient (Wildman–Crippen LogP) is 4.47. The van der Waals surface area contributed by atoms with E-state index in [2.05, 4.69) is 18.7 Å². The lowest BCUT2D eigenvalue weighted by Gasteiger charge is -2.28. The molecule has 1 atom stereocenters. The first-order valence-corrected chi connectivity index (χ1v) is 12.1. The van der Waals surface area contributed by atoms with Crippen molar-refractivity contribution in [2.45, 2.75) is 40.2 Å². The molecule has 2 aromatic rings. The van der Waals surface area contributed by atoms with Crippen LogP contribution in [0.2, 0.25) is 0 Å². The van der Waals surface area contributed by atoms with Crippen molar-refractivity contribution in [2.24, 2.45) is 0 Å². The van der Waals surface area contributed by atoms with Crippen LogP contribution in [0.5, 0.6) is 11.5 Å². The molecule has 3 rings (SSSR count). The molecule has 1 aliphatic heterocycles. The normalized spacial score (nSPS) is 17.3. The predicted molar refractivity (Wildman–Crippen MR) is 137 cm³/mol. The van der Waals surface area contributed by atoms with Crippen LogP contribution >= 0.6 is 0 Å². The van der Waals surface area contributed by atoms with E-state index >= 15 is 0 Å². The maximum absolute atomic E-state index is 13.4. The van der Waals surface area contributed by atoms with Gasteiger partial charge in [-0.15, -0.1) is 0 Å². The van der Waals surface area contributed by atoms with Gasteiger partial charge in [-0.1, -0.05) is 31.5 Å². The summed E-state index contributed by atoms with van der Waals surface area (Å²) in [5.41, 5.74) is 2.97. The Bertz CT molecular complexity index is 1120. The third kappa shape index (κ3) is 5.35. The SMILES string of the molecule is CCN(CC)CCCN1C(=O)C(=O)/C(=C(/O)c2cc(C)ccc2C)C1c1cc(OC)ccc1OC. The van der Waals surface area contributed by atoms with Crippen LogP contribution in [-0.4, -0.2) is 67.0 Å². The zero-order valence-corrected chi connectivity index (χ0v) is 21.6. The molecule has 0 radical (unpaired) electrons. The molecule has 0 bridgehead atoms. The fourth-order valence-corrected chi connectivity index (χ4v) is 4.63. The number of carbonyl (C=O) groups is 2. The van der Waals surface area contributed by atoms with Gasteiger partial charge in [-0.2, -0.15) is 0 Å². The van der Waals surface area contributed by atoms with E-state index < -0.39 is 17.7 Å². The molecular weight excluding hydrogens is 444 g/mol. The Balaban J connectivity index is 2.18. The molecule has 188 valence electrons. The number of likely N-dealkylation sites (tertiary alicyclic amines) is 1. The summed E-state index contributed by atoms with van der Waals surface area (Å²) in [6, 6.07) is 10.2. The molecule has 1 saturated heterocycles. The van der Waals surface area contributed by atoms with E-state index in [1.165, 1.54) is 0 Å². The van der Waals surface area contributed by atoms with Crippen LogP contribution in [0.4, 0.5) is 0 Å². The summed E-state index contributed by atoms with van der Waals surface area (Å²) in [5, 5.41) is 11.4. The molecule has 1 fully saturated rings. The van der Waals surface area contributed by atoms with Gasteiger partial charge in [0.25, 0.3) is 11.7 Å². The number of aliphatic hydroxyl groups excluding tert-OH is 1. The minimum absolute atomic E-state index is 0.0677. The molecule has 0 spiro atoms. The number of Topliss-reactive ketones (excluding diaryl/α,β-unsaturated/α-hetero) is 1. The Kier molecular flexibility index (Phi) is 8.57. The van der Waals surface area contributed by atoms with Gasteiger partial charge in [-0.05, 0) is 69.7 Å². The number of ketones is 1. The number of methoxy groups -OCH3 is 2. The van der Waals surface area contributed by atoms with Crippen LogP contribution in [-0.2, 0) is 9.59 Å². The zero-order chi connectivity index (χ0) is 25.7. The van der Waals surface area contributed by atoms with E-state index in [1.807, 2.05) is 32.0 Å².